The van der Waals surface area contributed by atoms with Gasteiger partial charge in [-0.3, -0.25) is 0 Å². The molecular formula is C15H14NS+. The van der Waals surface area contributed by atoms with Gasteiger partial charge in [-0.05, 0) is 30.0 Å². The van der Waals surface area contributed by atoms with Crippen LogP contribution in [0.1, 0.15) is 5.56 Å². The first-order valence-corrected chi connectivity index (χ1v) is 6.57. The molecule has 1 nitrogen and oxygen atoms in total. The highest BCUT2D eigenvalue weighted by Gasteiger charge is 2.16. The van der Waals surface area contributed by atoms with Crippen LogP contribution in [0.3, 0.4) is 0 Å². The summed E-state index contributed by atoms with van der Waals surface area (Å²) in [5, 5.41) is 3.48. The van der Waals surface area contributed by atoms with Gasteiger partial charge in [-0.15, -0.1) is 11.3 Å². The third kappa shape index (κ3) is 1.65. The molecule has 0 amide bonds. The fourth-order valence-electron chi connectivity index (χ4n) is 2.22. The Hall–Kier alpha value is -1.67. The van der Waals surface area contributed by atoms with Crippen molar-refractivity contribution >= 4 is 21.4 Å². The van der Waals surface area contributed by atoms with Crippen LogP contribution in [0.4, 0.5) is 0 Å². The third-order valence-corrected chi connectivity index (χ3v) is 4.08. The van der Waals surface area contributed by atoms with Crippen molar-refractivity contribution in [3.63, 3.8) is 0 Å². The van der Waals surface area contributed by atoms with Crippen molar-refractivity contribution in [3.8, 4) is 11.3 Å². The van der Waals surface area contributed by atoms with Gasteiger partial charge in [0.15, 0.2) is 6.20 Å². The summed E-state index contributed by atoms with van der Waals surface area (Å²) in [4.78, 5) is 0. The molecule has 0 aliphatic heterocycles. The highest BCUT2D eigenvalue weighted by molar-refractivity contribution is 7.17. The Morgan fingerprint density at radius 1 is 1.06 bits per heavy atom. The summed E-state index contributed by atoms with van der Waals surface area (Å²) in [5.74, 6) is 0. The zero-order valence-electron chi connectivity index (χ0n) is 9.97. The smallest absolute Gasteiger partial charge is 0.200 e. The largest absolute Gasteiger partial charge is 0.230 e. The Kier molecular flexibility index (Phi) is 2.45. The van der Waals surface area contributed by atoms with Gasteiger partial charge in [-0.1, -0.05) is 18.2 Å². The van der Waals surface area contributed by atoms with Crippen LogP contribution in [-0.2, 0) is 7.05 Å². The van der Waals surface area contributed by atoms with Crippen LogP contribution in [0, 0.1) is 6.92 Å². The normalized spacial score (nSPS) is 10.9. The SMILES string of the molecule is Cc1ccccc1-c1c2sccc2cc[n+]1C. The van der Waals surface area contributed by atoms with Crippen LogP contribution >= 0.6 is 11.3 Å². The number of aromatic nitrogens is 1. The van der Waals surface area contributed by atoms with Crippen molar-refractivity contribution in [1.29, 1.82) is 0 Å². The Balaban J connectivity index is 2.40. The van der Waals surface area contributed by atoms with Gasteiger partial charge < -0.3 is 0 Å². The molecule has 0 fully saturated rings. The van der Waals surface area contributed by atoms with Crippen molar-refractivity contribution in [3.05, 3.63) is 53.5 Å². The molecule has 0 spiro atoms. The molecule has 84 valence electrons. The number of hydrogen-bond donors (Lipinski definition) is 0. The van der Waals surface area contributed by atoms with Gasteiger partial charge in [0.2, 0.25) is 5.69 Å². The van der Waals surface area contributed by atoms with Gasteiger partial charge in [0.05, 0.1) is 5.56 Å². The van der Waals surface area contributed by atoms with E-state index in [9.17, 15) is 0 Å². The fourth-order valence-corrected chi connectivity index (χ4v) is 3.21. The maximum atomic E-state index is 2.21. The lowest BCUT2D eigenvalue weighted by Gasteiger charge is -2.04. The second-order valence-electron chi connectivity index (χ2n) is 4.30. The molecule has 2 heteroatoms. The summed E-state index contributed by atoms with van der Waals surface area (Å²) >= 11 is 1.81. The summed E-state index contributed by atoms with van der Waals surface area (Å²) in [5.41, 5.74) is 3.96. The summed E-state index contributed by atoms with van der Waals surface area (Å²) in [6.45, 7) is 2.17. The lowest BCUT2D eigenvalue weighted by molar-refractivity contribution is -0.659. The van der Waals surface area contributed by atoms with Crippen molar-refractivity contribution in [2.75, 3.05) is 0 Å². The van der Waals surface area contributed by atoms with E-state index < -0.39 is 0 Å². The van der Waals surface area contributed by atoms with E-state index in [-0.39, 0.29) is 0 Å². The van der Waals surface area contributed by atoms with E-state index in [1.807, 2.05) is 11.3 Å². The quantitative estimate of drug-likeness (QED) is 0.571. The first-order valence-electron chi connectivity index (χ1n) is 5.69. The molecule has 0 atom stereocenters. The van der Waals surface area contributed by atoms with Crippen molar-refractivity contribution in [1.82, 2.24) is 0 Å². The topological polar surface area (TPSA) is 3.88 Å². The van der Waals surface area contributed by atoms with Gasteiger partial charge in [-0.25, -0.2) is 0 Å². The Labute approximate surface area is 105 Å². The number of pyridine rings is 1. The molecule has 0 aliphatic carbocycles. The fraction of sp³-hybridized carbons (Fsp3) is 0.133. The maximum absolute atomic E-state index is 2.21. The molecular weight excluding hydrogens is 226 g/mol. The average Bonchev–Trinajstić information content (AvgIpc) is 2.79. The monoisotopic (exact) mass is 240 g/mol. The molecule has 0 aliphatic rings. The summed E-state index contributed by atoms with van der Waals surface area (Å²) in [6.07, 6.45) is 2.14. The van der Waals surface area contributed by atoms with Crippen molar-refractivity contribution < 1.29 is 4.57 Å². The van der Waals surface area contributed by atoms with E-state index in [2.05, 4.69) is 66.5 Å². The number of rotatable bonds is 1. The number of benzene rings is 1. The van der Waals surface area contributed by atoms with Gasteiger partial charge in [-0.2, -0.15) is 4.57 Å². The first-order chi connectivity index (χ1) is 8.27. The predicted molar refractivity (Wildman–Crippen MR) is 73.2 cm³/mol. The zero-order chi connectivity index (χ0) is 11.8. The van der Waals surface area contributed by atoms with E-state index in [0.717, 1.165) is 0 Å². The van der Waals surface area contributed by atoms with E-state index in [1.165, 1.54) is 26.9 Å². The zero-order valence-corrected chi connectivity index (χ0v) is 10.8. The molecule has 1 aromatic carbocycles. The van der Waals surface area contributed by atoms with Crippen LogP contribution < -0.4 is 4.57 Å². The lowest BCUT2D eigenvalue weighted by Crippen LogP contribution is -2.30. The molecule has 3 aromatic rings. The van der Waals surface area contributed by atoms with Crippen molar-refractivity contribution in [2.24, 2.45) is 7.05 Å². The molecule has 3 rings (SSSR count). The average molecular weight is 240 g/mol. The number of thiophene rings is 1. The molecule has 0 unspecified atom stereocenters. The second-order valence-corrected chi connectivity index (χ2v) is 5.21. The van der Waals surface area contributed by atoms with Gasteiger partial charge in [0.25, 0.3) is 0 Å². The van der Waals surface area contributed by atoms with Crippen LogP contribution in [-0.4, -0.2) is 0 Å². The highest BCUT2D eigenvalue weighted by atomic mass is 32.1. The number of hydrogen-bond acceptors (Lipinski definition) is 1. The van der Waals surface area contributed by atoms with Crippen LogP contribution in [0.15, 0.2) is 48.0 Å². The molecule has 0 saturated heterocycles. The molecule has 17 heavy (non-hydrogen) atoms. The molecule has 0 bridgehead atoms. The maximum Gasteiger partial charge on any atom is 0.230 e. The van der Waals surface area contributed by atoms with E-state index in [4.69, 9.17) is 0 Å². The van der Waals surface area contributed by atoms with E-state index in [1.54, 1.807) is 0 Å². The van der Waals surface area contributed by atoms with E-state index >= 15 is 0 Å². The van der Waals surface area contributed by atoms with Gasteiger partial charge in [0.1, 0.15) is 11.7 Å². The summed E-state index contributed by atoms with van der Waals surface area (Å²) in [6, 6.07) is 12.9. The minimum atomic E-state index is 1.32. The number of nitrogens with zero attached hydrogens (tertiary/aromatic N) is 1. The summed E-state index contributed by atoms with van der Waals surface area (Å²) < 4.78 is 3.57. The highest BCUT2D eigenvalue weighted by Crippen LogP contribution is 2.30. The minimum Gasteiger partial charge on any atom is -0.200 e. The Morgan fingerprint density at radius 3 is 2.71 bits per heavy atom. The first kappa shape index (κ1) is 10.5. The van der Waals surface area contributed by atoms with Crippen LogP contribution in [0.2, 0.25) is 0 Å². The molecule has 0 saturated carbocycles. The Bertz CT molecular complexity index is 682. The molecule has 2 heterocycles. The van der Waals surface area contributed by atoms with Crippen LogP contribution in [0.25, 0.3) is 21.3 Å². The molecule has 2 aromatic heterocycles. The van der Waals surface area contributed by atoms with Crippen molar-refractivity contribution in [2.45, 2.75) is 6.92 Å². The number of fused-ring (bicyclic) bond motifs is 1. The Morgan fingerprint density at radius 2 is 1.88 bits per heavy atom. The van der Waals surface area contributed by atoms with Gasteiger partial charge in [0, 0.05) is 11.5 Å². The standard InChI is InChI=1S/C15H14NS/c1-11-5-3-4-6-13(11)14-15-12(8-10-17-15)7-9-16(14)2/h3-10H,1-2H3/q+1. The summed E-state index contributed by atoms with van der Waals surface area (Å²) in [7, 11) is 2.11. The predicted octanol–water partition coefficient (Wildman–Crippen LogP) is 3.70. The third-order valence-electron chi connectivity index (χ3n) is 3.14. The van der Waals surface area contributed by atoms with E-state index in [0.29, 0.717) is 0 Å². The second kappa shape index (κ2) is 3.97. The molecule has 0 radical (unpaired) electrons. The minimum absolute atomic E-state index is 1.32. The van der Waals surface area contributed by atoms with Crippen LogP contribution in [0.5, 0.6) is 0 Å². The lowest BCUT2D eigenvalue weighted by atomic mass is 10.0. The van der Waals surface area contributed by atoms with Gasteiger partial charge >= 0.3 is 0 Å². The number of aryl methyl sites for hydroxylation is 2. The molecule has 0 N–H and O–H groups in total.